The second kappa shape index (κ2) is 6.58. The Hall–Kier alpha value is -1.39. The molecule has 118 valence electrons. The molecule has 0 bridgehead atoms. The molecule has 1 fully saturated rings. The highest BCUT2D eigenvalue weighted by atomic mass is 16.5. The molecule has 1 aromatic heterocycles. The molecule has 0 saturated heterocycles. The molecule has 1 heterocycles. The number of aromatic nitrogens is 2. The van der Waals surface area contributed by atoms with Crippen molar-refractivity contribution in [2.24, 2.45) is 5.92 Å². The molecule has 5 nitrogen and oxygen atoms in total. The van der Waals surface area contributed by atoms with Crippen LogP contribution in [0.1, 0.15) is 71.5 Å². The van der Waals surface area contributed by atoms with Crippen molar-refractivity contribution in [3.8, 4) is 0 Å². The minimum atomic E-state index is -0.123. The summed E-state index contributed by atoms with van der Waals surface area (Å²) in [6, 6.07) is 0.332. The standard InChI is InChI=1S/C16H27N3O2/c1-11-7-5-6-8-12(11)17-13(20)9-10-14-18-15(19-21-14)16(2,3)4/h11-12H,5-10H2,1-4H3,(H,17,20). The first-order valence-electron chi connectivity index (χ1n) is 7.98. The average molecular weight is 293 g/mol. The first kappa shape index (κ1) is 16.0. The number of aryl methyl sites for hydroxylation is 1. The van der Waals surface area contributed by atoms with Gasteiger partial charge in [-0.05, 0) is 18.8 Å². The third kappa shape index (κ3) is 4.55. The molecular weight excluding hydrogens is 266 g/mol. The fourth-order valence-corrected chi connectivity index (χ4v) is 2.69. The Morgan fingerprint density at radius 3 is 2.67 bits per heavy atom. The lowest BCUT2D eigenvalue weighted by Crippen LogP contribution is -2.41. The van der Waals surface area contributed by atoms with Crippen LogP contribution in [0.5, 0.6) is 0 Å². The van der Waals surface area contributed by atoms with E-state index < -0.39 is 0 Å². The summed E-state index contributed by atoms with van der Waals surface area (Å²) < 4.78 is 5.21. The van der Waals surface area contributed by atoms with E-state index in [4.69, 9.17) is 4.52 Å². The predicted octanol–water partition coefficient (Wildman–Crippen LogP) is 2.99. The molecule has 0 aliphatic heterocycles. The second-order valence-corrected chi connectivity index (χ2v) is 7.20. The van der Waals surface area contributed by atoms with Crippen molar-refractivity contribution in [1.29, 1.82) is 0 Å². The van der Waals surface area contributed by atoms with Crippen molar-refractivity contribution in [2.45, 2.75) is 77.7 Å². The summed E-state index contributed by atoms with van der Waals surface area (Å²) in [5.74, 6) is 1.91. The number of hydrogen-bond donors (Lipinski definition) is 1. The molecule has 2 unspecified atom stereocenters. The van der Waals surface area contributed by atoms with Gasteiger partial charge in [-0.25, -0.2) is 0 Å². The van der Waals surface area contributed by atoms with Gasteiger partial charge in [-0.3, -0.25) is 4.79 Å². The quantitative estimate of drug-likeness (QED) is 0.926. The Balaban J connectivity index is 1.80. The van der Waals surface area contributed by atoms with Crippen LogP contribution in [-0.4, -0.2) is 22.1 Å². The van der Waals surface area contributed by atoms with Gasteiger partial charge < -0.3 is 9.84 Å². The van der Waals surface area contributed by atoms with Crippen LogP contribution >= 0.6 is 0 Å². The molecule has 1 amide bonds. The SMILES string of the molecule is CC1CCCCC1NC(=O)CCc1nc(C(C)(C)C)no1. The normalized spacial score (nSPS) is 23.0. The molecular formula is C16H27N3O2. The summed E-state index contributed by atoms with van der Waals surface area (Å²) in [7, 11) is 0. The van der Waals surface area contributed by atoms with E-state index in [1.165, 1.54) is 19.3 Å². The molecule has 5 heteroatoms. The van der Waals surface area contributed by atoms with E-state index in [2.05, 4.69) is 22.4 Å². The first-order chi connectivity index (χ1) is 9.86. The van der Waals surface area contributed by atoms with Crippen molar-refractivity contribution in [1.82, 2.24) is 15.5 Å². The zero-order valence-electron chi connectivity index (χ0n) is 13.6. The molecule has 2 atom stereocenters. The number of nitrogens with zero attached hydrogens (tertiary/aromatic N) is 2. The fraction of sp³-hybridized carbons (Fsp3) is 0.812. The zero-order chi connectivity index (χ0) is 15.5. The van der Waals surface area contributed by atoms with E-state index in [1.807, 2.05) is 20.8 Å². The van der Waals surface area contributed by atoms with Crippen LogP contribution in [0.2, 0.25) is 0 Å². The highest BCUT2D eigenvalue weighted by Crippen LogP contribution is 2.24. The predicted molar refractivity (Wildman–Crippen MR) is 80.9 cm³/mol. The Morgan fingerprint density at radius 2 is 2.05 bits per heavy atom. The number of hydrogen-bond acceptors (Lipinski definition) is 4. The van der Waals surface area contributed by atoms with Crippen LogP contribution < -0.4 is 5.32 Å². The molecule has 2 rings (SSSR count). The number of carbonyl (C=O) groups is 1. The second-order valence-electron chi connectivity index (χ2n) is 7.20. The van der Waals surface area contributed by atoms with Gasteiger partial charge in [0.1, 0.15) is 0 Å². The molecule has 21 heavy (non-hydrogen) atoms. The molecule has 0 spiro atoms. The smallest absolute Gasteiger partial charge is 0.227 e. The minimum Gasteiger partial charge on any atom is -0.353 e. The van der Waals surface area contributed by atoms with Crippen LogP contribution in [-0.2, 0) is 16.6 Å². The Kier molecular flexibility index (Phi) is 5.01. The molecule has 1 N–H and O–H groups in total. The molecule has 1 saturated carbocycles. The lowest BCUT2D eigenvalue weighted by atomic mass is 9.86. The topological polar surface area (TPSA) is 68.0 Å². The number of rotatable bonds is 4. The zero-order valence-corrected chi connectivity index (χ0v) is 13.6. The van der Waals surface area contributed by atoms with Crippen LogP contribution in [0.25, 0.3) is 0 Å². The van der Waals surface area contributed by atoms with Crippen molar-refractivity contribution >= 4 is 5.91 Å². The number of amides is 1. The Labute approximate surface area is 126 Å². The lowest BCUT2D eigenvalue weighted by Gasteiger charge is -2.29. The largest absolute Gasteiger partial charge is 0.353 e. The fourth-order valence-electron chi connectivity index (χ4n) is 2.69. The molecule has 1 aliphatic carbocycles. The maximum Gasteiger partial charge on any atom is 0.227 e. The van der Waals surface area contributed by atoms with E-state index in [9.17, 15) is 4.79 Å². The summed E-state index contributed by atoms with van der Waals surface area (Å²) in [4.78, 5) is 16.4. The highest BCUT2D eigenvalue weighted by molar-refractivity contribution is 5.76. The summed E-state index contributed by atoms with van der Waals surface area (Å²) in [6.45, 7) is 8.34. The Bertz CT molecular complexity index is 476. The van der Waals surface area contributed by atoms with Gasteiger partial charge in [0.15, 0.2) is 5.82 Å². The molecule has 1 aromatic rings. The van der Waals surface area contributed by atoms with Crippen LogP contribution in [0.3, 0.4) is 0 Å². The monoisotopic (exact) mass is 293 g/mol. The summed E-state index contributed by atoms with van der Waals surface area (Å²) in [5.41, 5.74) is -0.123. The van der Waals surface area contributed by atoms with E-state index in [1.54, 1.807) is 0 Å². The van der Waals surface area contributed by atoms with Crippen LogP contribution in [0.4, 0.5) is 0 Å². The van der Waals surface area contributed by atoms with Crippen LogP contribution in [0.15, 0.2) is 4.52 Å². The van der Waals surface area contributed by atoms with Crippen LogP contribution in [0, 0.1) is 5.92 Å². The highest BCUT2D eigenvalue weighted by Gasteiger charge is 2.24. The van der Waals surface area contributed by atoms with Gasteiger partial charge in [-0.15, -0.1) is 0 Å². The molecule has 0 radical (unpaired) electrons. The average Bonchev–Trinajstić information content (AvgIpc) is 2.88. The maximum absolute atomic E-state index is 12.0. The van der Waals surface area contributed by atoms with E-state index >= 15 is 0 Å². The molecule has 0 aromatic carbocycles. The van der Waals surface area contributed by atoms with Crippen molar-refractivity contribution in [2.75, 3.05) is 0 Å². The number of nitrogens with one attached hydrogen (secondary N) is 1. The van der Waals surface area contributed by atoms with Gasteiger partial charge in [0.25, 0.3) is 0 Å². The van der Waals surface area contributed by atoms with Gasteiger partial charge in [-0.2, -0.15) is 4.98 Å². The van der Waals surface area contributed by atoms with E-state index in [0.29, 0.717) is 36.5 Å². The minimum absolute atomic E-state index is 0.0873. The third-order valence-electron chi connectivity index (χ3n) is 4.16. The summed E-state index contributed by atoms with van der Waals surface area (Å²) in [6.07, 6.45) is 5.73. The van der Waals surface area contributed by atoms with Crippen molar-refractivity contribution < 1.29 is 9.32 Å². The summed E-state index contributed by atoms with van der Waals surface area (Å²) >= 11 is 0. The Morgan fingerprint density at radius 1 is 1.33 bits per heavy atom. The third-order valence-corrected chi connectivity index (χ3v) is 4.16. The van der Waals surface area contributed by atoms with Gasteiger partial charge in [0, 0.05) is 24.3 Å². The lowest BCUT2D eigenvalue weighted by molar-refractivity contribution is -0.122. The van der Waals surface area contributed by atoms with Crippen molar-refractivity contribution in [3.05, 3.63) is 11.7 Å². The van der Waals surface area contributed by atoms with E-state index in [-0.39, 0.29) is 11.3 Å². The van der Waals surface area contributed by atoms with Gasteiger partial charge in [0.05, 0.1) is 0 Å². The maximum atomic E-state index is 12.0. The first-order valence-corrected chi connectivity index (χ1v) is 7.98. The van der Waals surface area contributed by atoms with E-state index in [0.717, 1.165) is 6.42 Å². The van der Waals surface area contributed by atoms with Gasteiger partial charge >= 0.3 is 0 Å². The molecule has 1 aliphatic rings. The van der Waals surface area contributed by atoms with Crippen molar-refractivity contribution in [3.63, 3.8) is 0 Å². The summed E-state index contributed by atoms with van der Waals surface area (Å²) in [5, 5.41) is 7.12. The number of carbonyl (C=O) groups excluding carboxylic acids is 1. The van der Waals surface area contributed by atoms with Gasteiger partial charge in [0.2, 0.25) is 11.8 Å². The van der Waals surface area contributed by atoms with Gasteiger partial charge in [-0.1, -0.05) is 45.7 Å².